The first-order chi connectivity index (χ1) is 11.0. The smallest absolute Gasteiger partial charge is 0.139 e. The number of Topliss-reactive ketones (excluding diaryl/α,β-unsaturated/α-hetero) is 1. The van der Waals surface area contributed by atoms with E-state index < -0.39 is 0 Å². The van der Waals surface area contributed by atoms with Crippen molar-refractivity contribution in [1.29, 1.82) is 0 Å². The van der Waals surface area contributed by atoms with Crippen LogP contribution in [0.15, 0.2) is 0 Å². The Morgan fingerprint density at radius 1 is 0.826 bits per heavy atom. The van der Waals surface area contributed by atoms with Crippen LogP contribution in [0.25, 0.3) is 0 Å². The van der Waals surface area contributed by atoms with Gasteiger partial charge in [-0.25, -0.2) is 0 Å². The molecular weight excluding hydrogens is 288 g/mol. The van der Waals surface area contributed by atoms with Crippen molar-refractivity contribution in [3.8, 4) is 0 Å². The van der Waals surface area contributed by atoms with Crippen LogP contribution >= 0.6 is 0 Å². The third-order valence-electron chi connectivity index (χ3n) is 6.64. The average Bonchev–Trinajstić information content (AvgIpc) is 2.92. The molecule has 4 rings (SSSR count). The van der Waals surface area contributed by atoms with Crippen LogP contribution in [0.1, 0.15) is 78.6 Å². The maximum absolute atomic E-state index is 11.6. The molecule has 2 saturated heterocycles. The van der Waals surface area contributed by atoms with E-state index in [9.17, 15) is 4.79 Å². The number of fused-ring (bicyclic) bond motifs is 2. The number of rotatable bonds is 0. The highest BCUT2D eigenvalue weighted by molar-refractivity contribution is 5.89. The van der Waals surface area contributed by atoms with E-state index in [-0.39, 0.29) is 10.8 Å². The van der Waals surface area contributed by atoms with Crippen molar-refractivity contribution in [3.05, 3.63) is 0 Å². The molecule has 3 nitrogen and oxygen atoms in total. The van der Waals surface area contributed by atoms with Gasteiger partial charge in [0.05, 0.1) is 0 Å². The third-order valence-corrected chi connectivity index (χ3v) is 6.64. The summed E-state index contributed by atoms with van der Waals surface area (Å²) in [4.78, 5) is 11.6. The van der Waals surface area contributed by atoms with Crippen LogP contribution in [-0.2, 0) is 14.3 Å². The van der Waals surface area contributed by atoms with E-state index in [1.165, 1.54) is 44.9 Å². The second-order valence-electron chi connectivity index (χ2n) is 8.26. The molecule has 0 amide bonds. The molecule has 2 heterocycles. The maximum atomic E-state index is 11.6. The molecule has 134 valence electrons. The van der Waals surface area contributed by atoms with Gasteiger partial charge in [0, 0.05) is 38.3 Å². The van der Waals surface area contributed by atoms with Crippen LogP contribution in [0.5, 0.6) is 0 Å². The van der Waals surface area contributed by atoms with Gasteiger partial charge in [0.15, 0.2) is 0 Å². The number of carbonyl (C=O) groups is 1. The molecule has 0 aromatic rings. The van der Waals surface area contributed by atoms with Crippen molar-refractivity contribution in [2.75, 3.05) is 26.4 Å². The van der Waals surface area contributed by atoms with Crippen LogP contribution < -0.4 is 0 Å². The largest absolute Gasteiger partial charge is 0.381 e. The lowest BCUT2D eigenvalue weighted by Gasteiger charge is -2.32. The lowest BCUT2D eigenvalue weighted by atomic mass is 9.70. The molecule has 2 aliphatic carbocycles. The summed E-state index contributed by atoms with van der Waals surface area (Å²) in [6.07, 6.45) is 11.1. The zero-order valence-electron chi connectivity index (χ0n) is 15.5. The Morgan fingerprint density at radius 2 is 1.30 bits per heavy atom. The van der Waals surface area contributed by atoms with Gasteiger partial charge < -0.3 is 9.47 Å². The number of hydrogen-bond acceptors (Lipinski definition) is 3. The van der Waals surface area contributed by atoms with Crippen molar-refractivity contribution < 1.29 is 14.3 Å². The molecule has 23 heavy (non-hydrogen) atoms. The highest BCUT2D eigenvalue weighted by atomic mass is 16.5. The first kappa shape index (κ1) is 18.9. The molecule has 2 atom stereocenters. The molecular formula is C20H36O3. The molecule has 2 aliphatic heterocycles. The highest BCUT2D eigenvalue weighted by Crippen LogP contribution is 2.63. The number of hydrogen-bond donors (Lipinski definition) is 0. The Balaban J connectivity index is 0.000000136. The van der Waals surface area contributed by atoms with Crippen LogP contribution in [0.2, 0.25) is 0 Å². The monoisotopic (exact) mass is 324 g/mol. The van der Waals surface area contributed by atoms with E-state index in [0.29, 0.717) is 11.7 Å². The van der Waals surface area contributed by atoms with Gasteiger partial charge in [-0.15, -0.1) is 0 Å². The Hall–Kier alpha value is -0.410. The topological polar surface area (TPSA) is 35.5 Å². The zero-order chi connectivity index (χ0) is 16.8. The molecule has 0 N–H and O–H groups in total. The van der Waals surface area contributed by atoms with Crippen LogP contribution in [0, 0.1) is 16.7 Å². The normalized spacial score (nSPS) is 34.9. The molecule has 4 fully saturated rings. The van der Waals surface area contributed by atoms with E-state index in [4.69, 9.17) is 9.47 Å². The van der Waals surface area contributed by atoms with E-state index in [1.807, 2.05) is 0 Å². The first-order valence-electron chi connectivity index (χ1n) is 9.67. The Labute approximate surface area is 142 Å². The van der Waals surface area contributed by atoms with Crippen LogP contribution in [0.4, 0.5) is 0 Å². The minimum Gasteiger partial charge on any atom is -0.381 e. The summed E-state index contributed by atoms with van der Waals surface area (Å²) in [5, 5.41) is 0. The predicted molar refractivity (Wildman–Crippen MR) is 93.6 cm³/mol. The fraction of sp³-hybridized carbons (Fsp3) is 0.950. The minimum absolute atomic E-state index is 0.0255. The zero-order valence-corrected chi connectivity index (χ0v) is 15.5. The second-order valence-corrected chi connectivity index (χ2v) is 8.26. The highest BCUT2D eigenvalue weighted by Gasteiger charge is 2.61. The van der Waals surface area contributed by atoms with Gasteiger partial charge in [-0.05, 0) is 62.7 Å². The van der Waals surface area contributed by atoms with Gasteiger partial charge in [0.2, 0.25) is 0 Å². The van der Waals surface area contributed by atoms with Crippen molar-refractivity contribution in [3.63, 3.8) is 0 Å². The van der Waals surface area contributed by atoms with Gasteiger partial charge in [-0.1, -0.05) is 20.8 Å². The SMILES string of the molecule is C1CCOCC1.C1CCOCC1.CC12CCC(CC1=O)C2(C)C. The summed E-state index contributed by atoms with van der Waals surface area (Å²) in [6.45, 7) is 10.7. The molecule has 2 unspecified atom stereocenters. The summed E-state index contributed by atoms with van der Waals surface area (Å²) < 4.78 is 10.1. The van der Waals surface area contributed by atoms with Crippen LogP contribution in [-0.4, -0.2) is 32.2 Å². The maximum Gasteiger partial charge on any atom is 0.139 e. The van der Waals surface area contributed by atoms with Crippen molar-refractivity contribution in [1.82, 2.24) is 0 Å². The summed E-state index contributed by atoms with van der Waals surface area (Å²) in [5.41, 5.74) is 0.307. The summed E-state index contributed by atoms with van der Waals surface area (Å²) in [7, 11) is 0. The summed E-state index contributed by atoms with van der Waals surface area (Å²) in [6, 6.07) is 0. The molecule has 0 radical (unpaired) electrons. The van der Waals surface area contributed by atoms with Gasteiger partial charge in [-0.2, -0.15) is 0 Å². The van der Waals surface area contributed by atoms with E-state index in [0.717, 1.165) is 39.3 Å². The molecule has 3 heteroatoms. The molecule has 2 bridgehead atoms. The Morgan fingerprint density at radius 3 is 1.43 bits per heavy atom. The van der Waals surface area contributed by atoms with E-state index >= 15 is 0 Å². The second kappa shape index (κ2) is 8.62. The van der Waals surface area contributed by atoms with Gasteiger partial charge in [0.1, 0.15) is 5.78 Å². The molecule has 2 saturated carbocycles. The van der Waals surface area contributed by atoms with Gasteiger partial charge >= 0.3 is 0 Å². The Kier molecular flexibility index (Phi) is 7.09. The third kappa shape index (κ3) is 4.57. The quantitative estimate of drug-likeness (QED) is 0.643. The molecule has 4 aliphatic rings. The van der Waals surface area contributed by atoms with Crippen molar-refractivity contribution in [2.24, 2.45) is 16.7 Å². The Bertz CT molecular complexity index is 334. The number of ketones is 1. The predicted octanol–water partition coefficient (Wildman–Crippen LogP) is 4.78. The molecule has 0 aromatic heterocycles. The van der Waals surface area contributed by atoms with Crippen molar-refractivity contribution in [2.45, 2.75) is 78.6 Å². The molecule has 0 aromatic carbocycles. The fourth-order valence-corrected chi connectivity index (χ4v) is 4.28. The standard InChI is InChI=1S/C10H16O.2C5H10O/c1-9(2)7-4-5-10(9,3)8(11)6-7;2*1-2-4-6-5-3-1/h7H,4-6H2,1-3H3;2*1-5H2. The lowest BCUT2D eigenvalue weighted by molar-refractivity contribution is -0.128. The van der Waals surface area contributed by atoms with E-state index in [2.05, 4.69) is 20.8 Å². The van der Waals surface area contributed by atoms with Gasteiger partial charge in [-0.3, -0.25) is 4.79 Å². The summed E-state index contributed by atoms with van der Waals surface area (Å²) >= 11 is 0. The molecule has 0 spiro atoms. The minimum atomic E-state index is 0.0255. The first-order valence-corrected chi connectivity index (χ1v) is 9.67. The average molecular weight is 325 g/mol. The summed E-state index contributed by atoms with van der Waals surface area (Å²) in [5.74, 6) is 1.19. The number of ether oxygens (including phenoxy) is 2. The van der Waals surface area contributed by atoms with E-state index in [1.54, 1.807) is 0 Å². The fourth-order valence-electron chi connectivity index (χ4n) is 4.28. The van der Waals surface area contributed by atoms with Crippen molar-refractivity contribution >= 4 is 5.78 Å². The van der Waals surface area contributed by atoms with Gasteiger partial charge in [0.25, 0.3) is 0 Å². The lowest BCUT2D eigenvalue weighted by Crippen LogP contribution is -2.32. The number of carbonyl (C=O) groups excluding carboxylic acids is 1. The van der Waals surface area contributed by atoms with Crippen LogP contribution in [0.3, 0.4) is 0 Å².